The standard InChI is InChI=1S/C18H21N3O2/c22-17(19-13-7-10-15-8-3-1-4-9-15)14-20-18(23)21-16-11-5-2-6-12-16/h1-6,8-9,11-12H,7,10,13-14H2,(H,19,22)(H2,20,21,23). The number of benzene rings is 2. The van der Waals surface area contributed by atoms with Crippen LogP contribution in [0.5, 0.6) is 0 Å². The molecule has 120 valence electrons. The molecular weight excluding hydrogens is 290 g/mol. The van der Waals surface area contributed by atoms with Gasteiger partial charge >= 0.3 is 6.03 Å². The van der Waals surface area contributed by atoms with Crippen molar-refractivity contribution in [1.29, 1.82) is 0 Å². The zero-order valence-electron chi connectivity index (χ0n) is 12.9. The quantitative estimate of drug-likeness (QED) is 0.688. The molecule has 0 saturated heterocycles. The fraction of sp³-hybridized carbons (Fsp3) is 0.222. The van der Waals surface area contributed by atoms with Crippen molar-refractivity contribution in [3.05, 3.63) is 66.2 Å². The fourth-order valence-corrected chi connectivity index (χ4v) is 2.08. The second-order valence-corrected chi connectivity index (χ2v) is 5.11. The number of hydrogen-bond donors (Lipinski definition) is 3. The number of urea groups is 1. The summed E-state index contributed by atoms with van der Waals surface area (Å²) in [5, 5.41) is 7.97. The Morgan fingerprint density at radius 3 is 2.17 bits per heavy atom. The molecule has 2 aromatic carbocycles. The zero-order chi connectivity index (χ0) is 16.3. The fourth-order valence-electron chi connectivity index (χ4n) is 2.08. The highest BCUT2D eigenvalue weighted by Crippen LogP contribution is 2.04. The highest BCUT2D eigenvalue weighted by atomic mass is 16.2. The maximum absolute atomic E-state index is 11.7. The monoisotopic (exact) mass is 311 g/mol. The Morgan fingerprint density at radius 1 is 0.826 bits per heavy atom. The molecule has 23 heavy (non-hydrogen) atoms. The third-order valence-electron chi connectivity index (χ3n) is 3.25. The van der Waals surface area contributed by atoms with Gasteiger partial charge in [0.15, 0.2) is 0 Å². The summed E-state index contributed by atoms with van der Waals surface area (Å²) < 4.78 is 0. The van der Waals surface area contributed by atoms with Crippen LogP contribution in [0.4, 0.5) is 10.5 Å². The summed E-state index contributed by atoms with van der Waals surface area (Å²) >= 11 is 0. The lowest BCUT2D eigenvalue weighted by Gasteiger charge is -2.08. The van der Waals surface area contributed by atoms with Crippen molar-refractivity contribution in [3.8, 4) is 0 Å². The van der Waals surface area contributed by atoms with Gasteiger partial charge in [-0.2, -0.15) is 0 Å². The molecule has 0 saturated carbocycles. The van der Waals surface area contributed by atoms with Crippen LogP contribution >= 0.6 is 0 Å². The highest BCUT2D eigenvalue weighted by Gasteiger charge is 2.05. The van der Waals surface area contributed by atoms with Gasteiger partial charge in [0.05, 0.1) is 6.54 Å². The molecule has 5 nitrogen and oxygen atoms in total. The summed E-state index contributed by atoms with van der Waals surface area (Å²) in [6.45, 7) is 0.555. The van der Waals surface area contributed by atoms with Crippen LogP contribution in [0.15, 0.2) is 60.7 Å². The van der Waals surface area contributed by atoms with E-state index in [0.717, 1.165) is 12.8 Å². The van der Waals surface area contributed by atoms with E-state index in [2.05, 4.69) is 28.1 Å². The Morgan fingerprint density at radius 2 is 1.48 bits per heavy atom. The minimum atomic E-state index is -0.393. The molecule has 0 aliphatic heterocycles. The summed E-state index contributed by atoms with van der Waals surface area (Å²) in [5.41, 5.74) is 1.94. The molecule has 2 rings (SSSR count). The van der Waals surface area contributed by atoms with Gasteiger partial charge in [0.1, 0.15) is 0 Å². The molecule has 0 fully saturated rings. The summed E-state index contributed by atoms with van der Waals surface area (Å²) in [6, 6.07) is 18.8. The predicted molar refractivity (Wildman–Crippen MR) is 91.2 cm³/mol. The van der Waals surface area contributed by atoms with E-state index in [1.54, 1.807) is 12.1 Å². The average Bonchev–Trinajstić information content (AvgIpc) is 2.59. The van der Waals surface area contributed by atoms with E-state index < -0.39 is 6.03 Å². The van der Waals surface area contributed by atoms with Gasteiger partial charge in [0, 0.05) is 12.2 Å². The van der Waals surface area contributed by atoms with Crippen LogP contribution in [0.1, 0.15) is 12.0 Å². The summed E-state index contributed by atoms with van der Waals surface area (Å²) in [5.74, 6) is -0.193. The molecule has 5 heteroatoms. The van der Waals surface area contributed by atoms with E-state index in [0.29, 0.717) is 12.2 Å². The lowest BCUT2D eigenvalue weighted by atomic mass is 10.1. The van der Waals surface area contributed by atoms with Crippen LogP contribution in [0.3, 0.4) is 0 Å². The lowest BCUT2D eigenvalue weighted by molar-refractivity contribution is -0.120. The molecular formula is C18H21N3O2. The number of nitrogens with one attached hydrogen (secondary N) is 3. The molecule has 0 bridgehead atoms. The molecule has 2 aromatic rings. The number of amides is 3. The Kier molecular flexibility index (Phi) is 6.65. The van der Waals surface area contributed by atoms with E-state index in [1.807, 2.05) is 36.4 Å². The second-order valence-electron chi connectivity index (χ2n) is 5.11. The van der Waals surface area contributed by atoms with Gasteiger partial charge in [0.25, 0.3) is 0 Å². The first kappa shape index (κ1) is 16.5. The van der Waals surface area contributed by atoms with E-state index in [1.165, 1.54) is 5.56 Å². The molecule has 0 radical (unpaired) electrons. The van der Waals surface area contributed by atoms with Crippen molar-refractivity contribution in [2.45, 2.75) is 12.8 Å². The molecule has 0 aliphatic rings. The molecule has 0 unspecified atom stereocenters. The van der Waals surface area contributed by atoms with E-state index in [9.17, 15) is 9.59 Å². The van der Waals surface area contributed by atoms with Crippen molar-refractivity contribution in [2.24, 2.45) is 0 Å². The molecule has 3 amide bonds. The number of hydrogen-bond acceptors (Lipinski definition) is 2. The number of carbonyl (C=O) groups excluding carboxylic acids is 2. The van der Waals surface area contributed by atoms with Gasteiger partial charge in [-0.05, 0) is 30.5 Å². The van der Waals surface area contributed by atoms with Crippen molar-refractivity contribution in [1.82, 2.24) is 10.6 Å². The molecule has 0 spiro atoms. The molecule has 0 aliphatic carbocycles. The number of anilines is 1. The van der Waals surface area contributed by atoms with E-state index in [-0.39, 0.29) is 12.5 Å². The maximum Gasteiger partial charge on any atom is 0.319 e. The van der Waals surface area contributed by atoms with Gasteiger partial charge in [-0.15, -0.1) is 0 Å². The van der Waals surface area contributed by atoms with Gasteiger partial charge in [-0.1, -0.05) is 48.5 Å². The Labute approximate surface area is 136 Å². The lowest BCUT2D eigenvalue weighted by Crippen LogP contribution is -2.39. The van der Waals surface area contributed by atoms with Crippen LogP contribution in [0.25, 0.3) is 0 Å². The van der Waals surface area contributed by atoms with Crippen LogP contribution < -0.4 is 16.0 Å². The summed E-state index contributed by atoms with van der Waals surface area (Å²) in [6.07, 6.45) is 1.79. The number of aryl methyl sites for hydroxylation is 1. The molecule has 0 aromatic heterocycles. The molecule has 0 heterocycles. The predicted octanol–water partition coefficient (Wildman–Crippen LogP) is 2.56. The minimum Gasteiger partial charge on any atom is -0.355 e. The first-order valence-electron chi connectivity index (χ1n) is 7.64. The van der Waals surface area contributed by atoms with Gasteiger partial charge in [-0.3, -0.25) is 4.79 Å². The highest BCUT2D eigenvalue weighted by molar-refractivity contribution is 5.92. The number of rotatable bonds is 7. The van der Waals surface area contributed by atoms with E-state index >= 15 is 0 Å². The Balaban J connectivity index is 1.57. The van der Waals surface area contributed by atoms with Crippen LogP contribution in [0.2, 0.25) is 0 Å². The van der Waals surface area contributed by atoms with E-state index in [4.69, 9.17) is 0 Å². The first-order valence-corrected chi connectivity index (χ1v) is 7.64. The van der Waals surface area contributed by atoms with Crippen molar-refractivity contribution < 1.29 is 9.59 Å². The molecule has 0 atom stereocenters. The smallest absolute Gasteiger partial charge is 0.319 e. The second kappa shape index (κ2) is 9.25. The number of carbonyl (C=O) groups is 2. The maximum atomic E-state index is 11.7. The topological polar surface area (TPSA) is 70.2 Å². The third kappa shape index (κ3) is 6.65. The van der Waals surface area contributed by atoms with Crippen LogP contribution in [-0.2, 0) is 11.2 Å². The van der Waals surface area contributed by atoms with Crippen LogP contribution in [-0.4, -0.2) is 25.0 Å². The molecule has 3 N–H and O–H groups in total. The number of para-hydroxylation sites is 1. The average molecular weight is 311 g/mol. The summed E-state index contributed by atoms with van der Waals surface area (Å²) in [7, 11) is 0. The minimum absolute atomic E-state index is 0.0377. The SMILES string of the molecule is O=C(CNC(=O)Nc1ccccc1)NCCCc1ccccc1. The third-order valence-corrected chi connectivity index (χ3v) is 3.25. The van der Waals surface area contributed by atoms with Gasteiger partial charge in [-0.25, -0.2) is 4.79 Å². The van der Waals surface area contributed by atoms with Crippen molar-refractivity contribution in [3.63, 3.8) is 0 Å². The summed E-state index contributed by atoms with van der Waals surface area (Å²) in [4.78, 5) is 23.3. The first-order chi connectivity index (χ1) is 11.2. The Hall–Kier alpha value is -2.82. The normalized spacial score (nSPS) is 9.91. The zero-order valence-corrected chi connectivity index (χ0v) is 12.9. The van der Waals surface area contributed by atoms with Gasteiger partial charge < -0.3 is 16.0 Å². The Bertz CT molecular complexity index is 615. The van der Waals surface area contributed by atoms with Crippen molar-refractivity contribution >= 4 is 17.6 Å². The largest absolute Gasteiger partial charge is 0.355 e. The van der Waals surface area contributed by atoms with Crippen LogP contribution in [0, 0.1) is 0 Å². The van der Waals surface area contributed by atoms with Crippen molar-refractivity contribution in [2.75, 3.05) is 18.4 Å². The van der Waals surface area contributed by atoms with Gasteiger partial charge in [0.2, 0.25) is 5.91 Å².